The van der Waals surface area contributed by atoms with Crippen LogP contribution < -0.4 is 5.32 Å². The molecule has 1 aromatic rings. The highest BCUT2D eigenvalue weighted by atomic mass is 16.4. The highest BCUT2D eigenvalue weighted by Crippen LogP contribution is 2.13. The minimum atomic E-state index is -0.860. The molecule has 0 aromatic carbocycles. The maximum atomic E-state index is 11.8. The molecule has 1 atom stereocenters. The lowest BCUT2D eigenvalue weighted by molar-refractivity contribution is -0.137. The number of hydrogen-bond donors (Lipinski definition) is 2. The van der Waals surface area contributed by atoms with Gasteiger partial charge in [-0.2, -0.15) is 0 Å². The van der Waals surface area contributed by atoms with Gasteiger partial charge in [-0.15, -0.1) is 0 Å². The molecule has 1 amide bonds. The van der Waals surface area contributed by atoms with Crippen molar-refractivity contribution in [3.8, 4) is 0 Å². The maximum Gasteiger partial charge on any atom is 0.303 e. The fourth-order valence-electron chi connectivity index (χ4n) is 1.57. The molecule has 0 saturated heterocycles. The molecule has 0 fully saturated rings. The summed E-state index contributed by atoms with van der Waals surface area (Å²) in [6, 6.07) is 1.50. The Labute approximate surface area is 99.8 Å². The van der Waals surface area contributed by atoms with Crippen LogP contribution in [0.2, 0.25) is 0 Å². The lowest BCUT2D eigenvalue weighted by Gasteiger charge is -2.11. The monoisotopic (exact) mass is 239 g/mol. The standard InChI is InChI=1S/C12H17NO4/c1-7(4-5-11(14)15)13-12(16)10-6-8(2)17-9(10)3/h6-7H,4-5H2,1-3H3,(H,13,16)(H,14,15). The lowest BCUT2D eigenvalue weighted by atomic mass is 10.1. The van der Waals surface area contributed by atoms with E-state index in [2.05, 4.69) is 5.32 Å². The van der Waals surface area contributed by atoms with E-state index < -0.39 is 5.97 Å². The van der Waals surface area contributed by atoms with Crippen LogP contribution in [0, 0.1) is 13.8 Å². The molecule has 0 bridgehead atoms. The molecule has 5 nitrogen and oxygen atoms in total. The smallest absolute Gasteiger partial charge is 0.303 e. The number of nitrogens with one attached hydrogen (secondary N) is 1. The summed E-state index contributed by atoms with van der Waals surface area (Å²) in [7, 11) is 0. The molecule has 5 heteroatoms. The third-order valence-electron chi connectivity index (χ3n) is 2.45. The summed E-state index contributed by atoms with van der Waals surface area (Å²) in [6.45, 7) is 5.28. The molecular formula is C12H17NO4. The minimum absolute atomic E-state index is 0.0465. The van der Waals surface area contributed by atoms with Crippen molar-refractivity contribution in [2.75, 3.05) is 0 Å². The van der Waals surface area contributed by atoms with E-state index in [-0.39, 0.29) is 18.4 Å². The van der Waals surface area contributed by atoms with Gasteiger partial charge in [0, 0.05) is 12.5 Å². The Kier molecular flexibility index (Phi) is 4.31. The summed E-state index contributed by atoms with van der Waals surface area (Å²) in [6.07, 6.45) is 0.460. The summed E-state index contributed by atoms with van der Waals surface area (Å²) in [5, 5.41) is 11.3. The average Bonchev–Trinajstić information content (AvgIpc) is 2.55. The Hall–Kier alpha value is -1.78. The van der Waals surface area contributed by atoms with E-state index >= 15 is 0 Å². The molecule has 1 heterocycles. The molecule has 0 radical (unpaired) electrons. The van der Waals surface area contributed by atoms with Crippen LogP contribution in [0.5, 0.6) is 0 Å². The number of amides is 1. The first-order valence-electron chi connectivity index (χ1n) is 5.50. The van der Waals surface area contributed by atoms with Gasteiger partial charge in [0.1, 0.15) is 11.5 Å². The van der Waals surface area contributed by atoms with Crippen molar-refractivity contribution >= 4 is 11.9 Å². The molecule has 0 spiro atoms. The Morgan fingerprint density at radius 3 is 2.59 bits per heavy atom. The van der Waals surface area contributed by atoms with E-state index in [9.17, 15) is 9.59 Å². The van der Waals surface area contributed by atoms with E-state index in [1.807, 2.05) is 0 Å². The molecule has 2 N–H and O–H groups in total. The molecule has 0 aliphatic rings. The fourth-order valence-corrected chi connectivity index (χ4v) is 1.57. The van der Waals surface area contributed by atoms with Gasteiger partial charge in [0.05, 0.1) is 5.56 Å². The van der Waals surface area contributed by atoms with Crippen LogP contribution in [0.4, 0.5) is 0 Å². The summed E-state index contributed by atoms with van der Waals surface area (Å²) < 4.78 is 5.26. The highest BCUT2D eigenvalue weighted by Gasteiger charge is 2.15. The van der Waals surface area contributed by atoms with Crippen molar-refractivity contribution in [3.05, 3.63) is 23.2 Å². The number of carboxylic acids is 1. The van der Waals surface area contributed by atoms with Crippen molar-refractivity contribution in [2.45, 2.75) is 39.7 Å². The Morgan fingerprint density at radius 1 is 1.47 bits per heavy atom. The van der Waals surface area contributed by atoms with Gasteiger partial charge < -0.3 is 14.8 Å². The van der Waals surface area contributed by atoms with Crippen LogP contribution in [0.3, 0.4) is 0 Å². The zero-order valence-electron chi connectivity index (χ0n) is 10.2. The van der Waals surface area contributed by atoms with Gasteiger partial charge in [-0.25, -0.2) is 0 Å². The van der Waals surface area contributed by atoms with Gasteiger partial charge >= 0.3 is 5.97 Å². The molecule has 1 aromatic heterocycles. The number of carbonyl (C=O) groups is 2. The Bertz CT molecular complexity index is 422. The van der Waals surface area contributed by atoms with Crippen LogP contribution >= 0.6 is 0 Å². The fraction of sp³-hybridized carbons (Fsp3) is 0.500. The first kappa shape index (κ1) is 13.3. The zero-order valence-corrected chi connectivity index (χ0v) is 10.2. The lowest BCUT2D eigenvalue weighted by Crippen LogP contribution is -2.33. The number of furan rings is 1. The molecule has 17 heavy (non-hydrogen) atoms. The second kappa shape index (κ2) is 5.52. The molecule has 0 saturated carbocycles. The van der Waals surface area contributed by atoms with Gasteiger partial charge in [0.2, 0.25) is 0 Å². The van der Waals surface area contributed by atoms with Crippen molar-refractivity contribution in [2.24, 2.45) is 0 Å². The second-order valence-corrected chi connectivity index (χ2v) is 4.13. The summed E-state index contributed by atoms with van der Waals surface area (Å²) in [5.74, 6) is 0.176. The molecule has 1 rings (SSSR count). The van der Waals surface area contributed by atoms with Gasteiger partial charge in [-0.05, 0) is 33.3 Å². The van der Waals surface area contributed by atoms with Crippen molar-refractivity contribution in [1.82, 2.24) is 5.32 Å². The SMILES string of the molecule is Cc1cc(C(=O)NC(C)CCC(=O)O)c(C)o1. The molecule has 1 unspecified atom stereocenters. The second-order valence-electron chi connectivity index (χ2n) is 4.13. The van der Waals surface area contributed by atoms with E-state index in [4.69, 9.17) is 9.52 Å². The third-order valence-corrected chi connectivity index (χ3v) is 2.45. The Morgan fingerprint density at radius 2 is 2.12 bits per heavy atom. The molecule has 94 valence electrons. The van der Waals surface area contributed by atoms with E-state index in [1.165, 1.54) is 0 Å². The predicted octanol–water partition coefficient (Wildman–Crippen LogP) is 1.88. The number of aliphatic carboxylic acids is 1. The van der Waals surface area contributed by atoms with Gasteiger partial charge in [0.25, 0.3) is 5.91 Å². The predicted molar refractivity (Wildman–Crippen MR) is 62.0 cm³/mol. The number of carbonyl (C=O) groups excluding carboxylic acids is 1. The molecule has 0 aliphatic heterocycles. The van der Waals surface area contributed by atoms with Gasteiger partial charge in [-0.1, -0.05) is 0 Å². The minimum Gasteiger partial charge on any atom is -0.481 e. The number of hydrogen-bond acceptors (Lipinski definition) is 3. The first-order valence-corrected chi connectivity index (χ1v) is 5.50. The van der Waals surface area contributed by atoms with Crippen LogP contribution in [-0.2, 0) is 4.79 Å². The van der Waals surface area contributed by atoms with Crippen LogP contribution in [0.1, 0.15) is 41.6 Å². The van der Waals surface area contributed by atoms with Crippen LogP contribution in [0.15, 0.2) is 10.5 Å². The van der Waals surface area contributed by atoms with Gasteiger partial charge in [0.15, 0.2) is 0 Å². The van der Waals surface area contributed by atoms with Crippen molar-refractivity contribution < 1.29 is 19.1 Å². The van der Waals surface area contributed by atoms with E-state index in [0.717, 1.165) is 0 Å². The van der Waals surface area contributed by atoms with Crippen molar-refractivity contribution in [1.29, 1.82) is 0 Å². The summed E-state index contributed by atoms with van der Waals surface area (Å²) >= 11 is 0. The summed E-state index contributed by atoms with van der Waals surface area (Å²) in [5.41, 5.74) is 0.504. The molecule has 0 aliphatic carbocycles. The maximum absolute atomic E-state index is 11.8. The first-order chi connectivity index (χ1) is 7.90. The number of rotatable bonds is 5. The van der Waals surface area contributed by atoms with E-state index in [0.29, 0.717) is 23.5 Å². The topological polar surface area (TPSA) is 79.5 Å². The van der Waals surface area contributed by atoms with Crippen LogP contribution in [0.25, 0.3) is 0 Å². The average molecular weight is 239 g/mol. The van der Waals surface area contributed by atoms with Crippen molar-refractivity contribution in [3.63, 3.8) is 0 Å². The normalized spacial score (nSPS) is 12.2. The highest BCUT2D eigenvalue weighted by molar-refractivity contribution is 5.95. The number of carboxylic acid groups (broad SMARTS) is 1. The molecular weight excluding hydrogens is 222 g/mol. The third kappa shape index (κ3) is 3.94. The zero-order chi connectivity index (χ0) is 13.0. The quantitative estimate of drug-likeness (QED) is 0.822. The Balaban J connectivity index is 2.54. The van der Waals surface area contributed by atoms with E-state index in [1.54, 1.807) is 26.8 Å². The van der Waals surface area contributed by atoms with Gasteiger partial charge in [-0.3, -0.25) is 9.59 Å². The number of aryl methyl sites for hydroxylation is 2. The summed E-state index contributed by atoms with van der Waals surface area (Å²) in [4.78, 5) is 22.2. The van der Waals surface area contributed by atoms with Crippen LogP contribution in [-0.4, -0.2) is 23.0 Å². The largest absolute Gasteiger partial charge is 0.481 e.